The number of nitrogens with zero attached hydrogens (tertiary/aromatic N) is 1. The lowest BCUT2D eigenvalue weighted by molar-refractivity contribution is -0.388. The number of ketones is 1. The summed E-state index contributed by atoms with van der Waals surface area (Å²) in [6, 6.07) is 0. The lowest BCUT2D eigenvalue weighted by Crippen LogP contribution is -2.47. The third-order valence-electron chi connectivity index (χ3n) is 3.69. The van der Waals surface area contributed by atoms with Gasteiger partial charge in [0.25, 0.3) is 0 Å². The molecule has 0 aromatic heterocycles. The molecule has 0 saturated carbocycles. The molecule has 0 aromatic carbocycles. The Bertz CT molecular complexity index is 411. The van der Waals surface area contributed by atoms with Crippen LogP contribution in [0.2, 0.25) is 0 Å². The fraction of sp³-hybridized carbons (Fsp3) is 0.867. The highest BCUT2D eigenvalue weighted by atomic mass is 16.9. The maximum atomic E-state index is 12.4. The minimum absolute atomic E-state index is 0.0953. The Morgan fingerprint density at radius 1 is 1.29 bits per heavy atom. The highest BCUT2D eigenvalue weighted by Gasteiger charge is 2.43. The first-order valence-corrected chi connectivity index (χ1v) is 7.50. The van der Waals surface area contributed by atoms with E-state index in [1.807, 2.05) is 27.7 Å². The number of ether oxygens (including phenoxy) is 3. The first-order chi connectivity index (χ1) is 9.67. The number of Topliss-reactive ketones (excluding diaryl/α,β-unsaturated/α-hetero) is 1. The minimum atomic E-state index is -0.536. The van der Waals surface area contributed by atoms with E-state index in [4.69, 9.17) is 14.2 Å². The van der Waals surface area contributed by atoms with Gasteiger partial charge < -0.3 is 19.1 Å². The van der Waals surface area contributed by atoms with Gasteiger partial charge in [0, 0.05) is 19.0 Å². The number of amides is 1. The molecule has 0 aromatic rings. The first kappa shape index (κ1) is 16.2. The molecule has 0 N–H and O–H groups in total. The smallest absolute Gasteiger partial charge is 0.410 e. The third-order valence-corrected chi connectivity index (χ3v) is 3.69. The number of likely N-dealkylation sites (tertiary alicyclic amines) is 1. The zero-order valence-corrected chi connectivity index (χ0v) is 13.4. The molecule has 2 aliphatic rings. The number of carbonyl (C=O) groups excluding carboxylic acids is 2. The van der Waals surface area contributed by atoms with Crippen LogP contribution in [0, 0.1) is 11.8 Å². The van der Waals surface area contributed by atoms with Crippen molar-refractivity contribution in [2.75, 3.05) is 13.1 Å². The van der Waals surface area contributed by atoms with Crippen molar-refractivity contribution in [3.8, 4) is 0 Å². The Labute approximate surface area is 125 Å². The second-order valence-electron chi connectivity index (χ2n) is 6.83. The Hall–Kier alpha value is -1.14. The summed E-state index contributed by atoms with van der Waals surface area (Å²) in [4.78, 5) is 26.2. The molecule has 2 heterocycles. The number of rotatable bonds is 1. The second-order valence-corrected chi connectivity index (χ2v) is 6.83. The van der Waals surface area contributed by atoms with Crippen molar-refractivity contribution in [2.45, 2.75) is 59.2 Å². The Morgan fingerprint density at radius 3 is 2.43 bits per heavy atom. The van der Waals surface area contributed by atoms with E-state index in [2.05, 4.69) is 0 Å². The molecule has 1 amide bonds. The number of carbonyl (C=O) groups is 2. The summed E-state index contributed by atoms with van der Waals surface area (Å²) in [6.45, 7) is 9.99. The zero-order chi connectivity index (χ0) is 15.8. The molecular formula is C15H25NO5. The van der Waals surface area contributed by atoms with Gasteiger partial charge in [0.2, 0.25) is 0 Å². The van der Waals surface area contributed by atoms with Gasteiger partial charge in [-0.25, -0.2) is 4.79 Å². The quantitative estimate of drug-likeness (QED) is 0.742. The summed E-state index contributed by atoms with van der Waals surface area (Å²) in [6.07, 6.45) is -0.539. The van der Waals surface area contributed by atoms with E-state index in [1.54, 1.807) is 11.8 Å². The van der Waals surface area contributed by atoms with Gasteiger partial charge in [0.15, 0.2) is 12.6 Å². The number of hydrogen-bond donors (Lipinski definition) is 0. The van der Waals surface area contributed by atoms with Gasteiger partial charge in [-0.3, -0.25) is 4.79 Å². The summed E-state index contributed by atoms with van der Waals surface area (Å²) in [7, 11) is 0. The van der Waals surface area contributed by atoms with Crippen LogP contribution in [-0.4, -0.2) is 48.0 Å². The summed E-state index contributed by atoms with van der Waals surface area (Å²) in [5, 5.41) is 0. The fourth-order valence-electron chi connectivity index (χ4n) is 2.65. The Morgan fingerprint density at radius 2 is 1.90 bits per heavy atom. The normalized spacial score (nSPS) is 34.1. The Kier molecular flexibility index (Phi) is 4.58. The van der Waals surface area contributed by atoms with Crippen molar-refractivity contribution in [3.63, 3.8) is 0 Å². The van der Waals surface area contributed by atoms with Crippen molar-refractivity contribution in [3.05, 3.63) is 0 Å². The molecule has 2 saturated heterocycles. The second kappa shape index (κ2) is 5.93. The fourth-order valence-corrected chi connectivity index (χ4v) is 2.65. The van der Waals surface area contributed by atoms with Gasteiger partial charge in [0.05, 0.1) is 5.92 Å². The molecule has 6 heteroatoms. The summed E-state index contributed by atoms with van der Waals surface area (Å²) < 4.78 is 16.3. The van der Waals surface area contributed by atoms with Crippen LogP contribution in [0.4, 0.5) is 4.79 Å². The van der Waals surface area contributed by atoms with Crippen LogP contribution in [0.3, 0.4) is 0 Å². The average Bonchev–Trinajstić information content (AvgIpc) is 2.45. The van der Waals surface area contributed by atoms with Gasteiger partial charge in [-0.15, -0.1) is 0 Å². The predicted molar refractivity (Wildman–Crippen MR) is 75.5 cm³/mol. The maximum absolute atomic E-state index is 12.4. The zero-order valence-electron chi connectivity index (χ0n) is 13.4. The van der Waals surface area contributed by atoms with Gasteiger partial charge in [0.1, 0.15) is 11.4 Å². The molecule has 0 radical (unpaired) electrons. The van der Waals surface area contributed by atoms with Crippen LogP contribution < -0.4 is 0 Å². The van der Waals surface area contributed by atoms with Gasteiger partial charge in [-0.1, -0.05) is 6.92 Å². The van der Waals surface area contributed by atoms with Crippen LogP contribution in [0.1, 0.15) is 41.0 Å². The molecule has 21 heavy (non-hydrogen) atoms. The Balaban J connectivity index is 1.99. The van der Waals surface area contributed by atoms with Crippen molar-refractivity contribution < 1.29 is 23.8 Å². The summed E-state index contributed by atoms with van der Waals surface area (Å²) in [5.41, 5.74) is -0.536. The van der Waals surface area contributed by atoms with Gasteiger partial charge >= 0.3 is 6.09 Å². The molecule has 2 fully saturated rings. The van der Waals surface area contributed by atoms with E-state index < -0.39 is 11.9 Å². The lowest BCUT2D eigenvalue weighted by Gasteiger charge is -2.38. The monoisotopic (exact) mass is 299 g/mol. The molecule has 0 bridgehead atoms. The molecule has 0 aliphatic carbocycles. The van der Waals surface area contributed by atoms with Crippen LogP contribution in [-0.2, 0) is 19.0 Å². The average molecular weight is 299 g/mol. The topological polar surface area (TPSA) is 65.1 Å². The lowest BCUT2D eigenvalue weighted by atomic mass is 9.92. The third kappa shape index (κ3) is 3.95. The van der Waals surface area contributed by atoms with Crippen molar-refractivity contribution >= 4 is 11.9 Å². The molecule has 120 valence electrons. The van der Waals surface area contributed by atoms with Gasteiger partial charge in [-0.2, -0.15) is 0 Å². The summed E-state index contributed by atoms with van der Waals surface area (Å²) in [5.74, 6) is -0.449. The largest absolute Gasteiger partial charge is 0.444 e. The molecule has 2 atom stereocenters. The van der Waals surface area contributed by atoms with E-state index in [1.165, 1.54) is 0 Å². The van der Waals surface area contributed by atoms with E-state index in [0.717, 1.165) is 0 Å². The molecule has 2 rings (SSSR count). The van der Waals surface area contributed by atoms with Crippen molar-refractivity contribution in [1.82, 2.24) is 4.90 Å². The molecule has 6 nitrogen and oxygen atoms in total. The maximum Gasteiger partial charge on any atom is 0.410 e. The van der Waals surface area contributed by atoms with E-state index in [-0.39, 0.29) is 30.0 Å². The van der Waals surface area contributed by atoms with Crippen LogP contribution in [0.15, 0.2) is 0 Å². The molecule has 2 aliphatic heterocycles. The van der Waals surface area contributed by atoms with E-state index in [0.29, 0.717) is 19.5 Å². The van der Waals surface area contributed by atoms with Crippen molar-refractivity contribution in [1.29, 1.82) is 0 Å². The highest BCUT2D eigenvalue weighted by molar-refractivity contribution is 5.85. The first-order valence-electron chi connectivity index (χ1n) is 7.50. The number of hydrogen-bond acceptors (Lipinski definition) is 5. The van der Waals surface area contributed by atoms with Crippen molar-refractivity contribution in [2.24, 2.45) is 11.8 Å². The van der Waals surface area contributed by atoms with Gasteiger partial charge in [-0.05, 0) is 34.1 Å². The van der Waals surface area contributed by atoms with Crippen LogP contribution in [0.5, 0.6) is 0 Å². The van der Waals surface area contributed by atoms with Crippen LogP contribution >= 0.6 is 0 Å². The van der Waals surface area contributed by atoms with E-state index in [9.17, 15) is 9.59 Å². The van der Waals surface area contributed by atoms with E-state index >= 15 is 0 Å². The SMILES string of the molecule is CC1OC(C2CCN(C(=O)OC(C)(C)C)CC(C)C2=O)O1. The highest BCUT2D eigenvalue weighted by Crippen LogP contribution is 2.31. The molecule has 2 unspecified atom stereocenters. The molecule has 0 spiro atoms. The summed E-state index contributed by atoms with van der Waals surface area (Å²) >= 11 is 0. The standard InChI is InChI=1S/C15H25NO5/c1-9-8-16(14(18)21-15(3,4)5)7-6-11(12(9)17)13-19-10(2)20-13/h9-11,13H,6-8H2,1-5H3. The predicted octanol–water partition coefficient (Wildman–Crippen LogP) is 2.17. The van der Waals surface area contributed by atoms with Crippen LogP contribution in [0.25, 0.3) is 0 Å². The molecular weight excluding hydrogens is 274 g/mol. The minimum Gasteiger partial charge on any atom is -0.444 e.